The van der Waals surface area contributed by atoms with E-state index in [1.165, 1.54) is 12.0 Å². The molecule has 5 heteroatoms. The van der Waals surface area contributed by atoms with E-state index < -0.39 is 0 Å². The van der Waals surface area contributed by atoms with Crippen molar-refractivity contribution in [2.45, 2.75) is 24.8 Å². The van der Waals surface area contributed by atoms with E-state index in [9.17, 15) is 5.11 Å². The van der Waals surface area contributed by atoms with E-state index in [4.69, 9.17) is 10.7 Å². The lowest BCUT2D eigenvalue weighted by molar-refractivity contribution is 0.253. The fourth-order valence-corrected chi connectivity index (χ4v) is 3.80. The summed E-state index contributed by atoms with van der Waals surface area (Å²) in [6.07, 6.45) is 4.84. The highest BCUT2D eigenvalue weighted by Gasteiger charge is 2.34. The maximum absolute atomic E-state index is 10.3. The Morgan fingerprint density at radius 1 is 0.926 bits per heavy atom. The number of hydrogen-bond donors (Lipinski definition) is 2. The normalized spacial score (nSPS) is 15.6. The van der Waals surface area contributed by atoms with E-state index in [-0.39, 0.29) is 11.3 Å². The summed E-state index contributed by atoms with van der Waals surface area (Å²) in [5.41, 5.74) is 11.5. The van der Waals surface area contributed by atoms with Crippen LogP contribution in [0.4, 0.5) is 0 Å². The van der Waals surface area contributed by atoms with Crippen molar-refractivity contribution in [3.05, 3.63) is 72.4 Å². The lowest BCUT2D eigenvalue weighted by Crippen LogP contribution is -2.43. The number of aromatic hydroxyl groups is 1. The summed E-state index contributed by atoms with van der Waals surface area (Å²) < 4.78 is 1.70. The van der Waals surface area contributed by atoms with Crippen LogP contribution in [0.2, 0.25) is 0 Å². The summed E-state index contributed by atoms with van der Waals surface area (Å²) in [5.74, 6) is 0.112. The topological polar surface area (TPSA) is 76.4 Å². The molecule has 0 amide bonds. The quantitative estimate of drug-likeness (QED) is 0.579. The van der Waals surface area contributed by atoms with Crippen LogP contribution in [0, 0.1) is 0 Å². The third-order valence-electron chi connectivity index (χ3n) is 5.52. The summed E-state index contributed by atoms with van der Waals surface area (Å²) >= 11 is 0. The van der Waals surface area contributed by atoms with Gasteiger partial charge in [-0.2, -0.15) is 5.10 Å². The van der Waals surface area contributed by atoms with Gasteiger partial charge in [0, 0.05) is 22.7 Å². The number of nitrogens with zero attached hydrogens (tertiary/aromatic N) is 3. The van der Waals surface area contributed by atoms with Crippen LogP contribution in [0.15, 0.2) is 66.9 Å². The molecule has 0 spiro atoms. The fourth-order valence-electron chi connectivity index (χ4n) is 3.80. The summed E-state index contributed by atoms with van der Waals surface area (Å²) in [6.45, 7) is 0. The van der Waals surface area contributed by atoms with Crippen molar-refractivity contribution < 1.29 is 5.11 Å². The third-order valence-corrected chi connectivity index (χ3v) is 5.52. The van der Waals surface area contributed by atoms with Gasteiger partial charge in [-0.1, -0.05) is 54.6 Å². The average Bonchev–Trinajstić information content (AvgIpc) is 3.08. The van der Waals surface area contributed by atoms with Crippen molar-refractivity contribution in [2.24, 2.45) is 5.73 Å². The Labute approximate surface area is 157 Å². The van der Waals surface area contributed by atoms with Gasteiger partial charge in [0.05, 0.1) is 11.9 Å². The van der Waals surface area contributed by atoms with E-state index in [0.29, 0.717) is 5.65 Å². The average molecular weight is 356 g/mol. The summed E-state index contributed by atoms with van der Waals surface area (Å²) in [6, 6.07) is 19.9. The molecule has 0 unspecified atom stereocenters. The second kappa shape index (κ2) is 5.93. The lowest BCUT2D eigenvalue weighted by atomic mass is 9.72. The molecule has 0 atom stereocenters. The standard InChI is InChI=1S/C22H20N4O/c23-22(12-4-13-22)17-9-7-15(8-10-17)19-20(16-5-2-1-3-6-16)26-21(25-19)18(27)11-14-24-26/h1-3,5-11,14,27H,4,12-13,23H2. The first kappa shape index (κ1) is 16.0. The van der Waals surface area contributed by atoms with Crippen molar-refractivity contribution in [2.75, 3.05) is 0 Å². The van der Waals surface area contributed by atoms with Gasteiger partial charge in [0.2, 0.25) is 0 Å². The molecule has 134 valence electrons. The first-order valence-corrected chi connectivity index (χ1v) is 9.18. The van der Waals surface area contributed by atoms with Crippen LogP contribution in [0.5, 0.6) is 5.75 Å². The zero-order valence-electron chi connectivity index (χ0n) is 14.8. The van der Waals surface area contributed by atoms with Gasteiger partial charge in [0.25, 0.3) is 0 Å². The van der Waals surface area contributed by atoms with Gasteiger partial charge in [-0.05, 0) is 24.8 Å². The molecule has 1 aliphatic rings. The van der Waals surface area contributed by atoms with Gasteiger partial charge in [0.15, 0.2) is 11.4 Å². The Kier molecular flexibility index (Phi) is 3.52. The zero-order valence-corrected chi connectivity index (χ0v) is 14.8. The Morgan fingerprint density at radius 2 is 1.67 bits per heavy atom. The van der Waals surface area contributed by atoms with Crippen LogP contribution in [-0.4, -0.2) is 19.7 Å². The third kappa shape index (κ3) is 2.51. The van der Waals surface area contributed by atoms with Gasteiger partial charge < -0.3 is 10.8 Å². The van der Waals surface area contributed by atoms with Crippen LogP contribution in [0.25, 0.3) is 28.2 Å². The molecule has 2 aromatic heterocycles. The van der Waals surface area contributed by atoms with E-state index in [1.54, 1.807) is 16.8 Å². The Morgan fingerprint density at radius 3 is 2.33 bits per heavy atom. The molecule has 0 bridgehead atoms. The smallest absolute Gasteiger partial charge is 0.197 e. The molecule has 0 radical (unpaired) electrons. The van der Waals surface area contributed by atoms with Crippen molar-refractivity contribution in [1.82, 2.24) is 14.6 Å². The maximum atomic E-state index is 10.3. The molecule has 1 fully saturated rings. The Bertz CT molecular complexity index is 1110. The highest BCUT2D eigenvalue weighted by molar-refractivity contribution is 5.82. The predicted molar refractivity (Wildman–Crippen MR) is 105 cm³/mol. The number of nitrogens with two attached hydrogens (primary N) is 1. The Hall–Kier alpha value is -3.18. The number of imidazole rings is 1. The number of hydrogen-bond acceptors (Lipinski definition) is 4. The van der Waals surface area contributed by atoms with Crippen molar-refractivity contribution in [3.63, 3.8) is 0 Å². The van der Waals surface area contributed by atoms with Gasteiger partial charge >= 0.3 is 0 Å². The summed E-state index contributed by atoms with van der Waals surface area (Å²) in [7, 11) is 0. The highest BCUT2D eigenvalue weighted by Crippen LogP contribution is 2.40. The molecule has 1 saturated carbocycles. The monoisotopic (exact) mass is 356 g/mol. The molecule has 3 N–H and O–H groups in total. The number of benzene rings is 2. The summed E-state index contributed by atoms with van der Waals surface area (Å²) in [4.78, 5) is 4.70. The minimum absolute atomic E-state index is 0.112. The van der Waals surface area contributed by atoms with Crippen LogP contribution in [-0.2, 0) is 5.54 Å². The molecule has 4 aromatic rings. The van der Waals surface area contributed by atoms with Crippen molar-refractivity contribution in [1.29, 1.82) is 0 Å². The van der Waals surface area contributed by atoms with Crippen LogP contribution in [0.1, 0.15) is 24.8 Å². The molecule has 2 heterocycles. The molecule has 5 rings (SSSR count). The second-order valence-electron chi connectivity index (χ2n) is 7.21. The minimum Gasteiger partial charge on any atom is -0.504 e. The van der Waals surface area contributed by atoms with Crippen molar-refractivity contribution >= 4 is 5.65 Å². The molecular formula is C22H20N4O. The molecule has 1 aliphatic carbocycles. The van der Waals surface area contributed by atoms with Crippen LogP contribution in [0.3, 0.4) is 0 Å². The Balaban J connectivity index is 1.70. The molecule has 5 nitrogen and oxygen atoms in total. The zero-order chi connectivity index (χ0) is 18.4. The van der Waals surface area contributed by atoms with Gasteiger partial charge in [0.1, 0.15) is 5.69 Å². The molecule has 27 heavy (non-hydrogen) atoms. The first-order valence-electron chi connectivity index (χ1n) is 9.18. The van der Waals surface area contributed by atoms with E-state index in [1.807, 2.05) is 30.3 Å². The summed E-state index contributed by atoms with van der Waals surface area (Å²) in [5, 5.41) is 14.7. The predicted octanol–water partition coefficient (Wildman–Crippen LogP) is 4.11. The molecule has 0 aliphatic heterocycles. The van der Waals surface area contributed by atoms with Crippen molar-refractivity contribution in [3.8, 4) is 28.3 Å². The molecular weight excluding hydrogens is 336 g/mol. The second-order valence-corrected chi connectivity index (χ2v) is 7.21. The maximum Gasteiger partial charge on any atom is 0.197 e. The largest absolute Gasteiger partial charge is 0.504 e. The lowest BCUT2D eigenvalue weighted by Gasteiger charge is -2.38. The van der Waals surface area contributed by atoms with Gasteiger partial charge in [-0.25, -0.2) is 9.50 Å². The van der Waals surface area contributed by atoms with Crippen LogP contribution >= 0.6 is 0 Å². The molecule has 2 aromatic carbocycles. The number of rotatable bonds is 3. The molecule has 0 saturated heterocycles. The minimum atomic E-state index is -0.181. The van der Waals surface area contributed by atoms with Crippen LogP contribution < -0.4 is 5.73 Å². The number of fused-ring (bicyclic) bond motifs is 1. The fraction of sp³-hybridized carbons (Fsp3) is 0.182. The van der Waals surface area contributed by atoms with E-state index in [2.05, 4.69) is 29.4 Å². The van der Waals surface area contributed by atoms with Gasteiger partial charge in [-0.3, -0.25) is 0 Å². The first-order chi connectivity index (χ1) is 13.2. The van der Waals surface area contributed by atoms with E-state index in [0.717, 1.165) is 35.4 Å². The number of aromatic nitrogens is 3. The SMILES string of the molecule is NC1(c2ccc(-c3nc4c(O)ccnn4c3-c3ccccc3)cc2)CCC1. The van der Waals surface area contributed by atoms with Gasteiger partial charge in [-0.15, -0.1) is 0 Å². The highest BCUT2D eigenvalue weighted by atomic mass is 16.3. The van der Waals surface area contributed by atoms with E-state index >= 15 is 0 Å².